The lowest BCUT2D eigenvalue weighted by molar-refractivity contribution is -0.133. The molecule has 0 aromatic rings. The lowest BCUT2D eigenvalue weighted by Gasteiger charge is -2.03. The van der Waals surface area contributed by atoms with Crippen molar-refractivity contribution >= 4 is 11.7 Å². The average molecular weight is 149 g/mol. The number of ketones is 1. The van der Waals surface area contributed by atoms with Crippen LogP contribution < -0.4 is 5.32 Å². The second-order valence-corrected chi connectivity index (χ2v) is 2.60. The van der Waals surface area contributed by atoms with Gasteiger partial charge in [-0.05, 0) is 12.8 Å². The van der Waals surface area contributed by atoms with E-state index in [2.05, 4.69) is 5.32 Å². The third-order valence-corrected chi connectivity index (χ3v) is 1.85. The molecule has 0 spiro atoms. The van der Waals surface area contributed by atoms with Gasteiger partial charge in [-0.1, -0.05) is 12.2 Å². The Kier molecular flexibility index (Phi) is 1.18. The Hall–Kier alpha value is -1.38. The molecule has 0 saturated carbocycles. The number of carbonyl (C=O) groups is 2. The van der Waals surface area contributed by atoms with Crippen molar-refractivity contribution in [2.45, 2.75) is 12.8 Å². The van der Waals surface area contributed by atoms with Gasteiger partial charge in [0.2, 0.25) is 0 Å². The molecule has 1 aliphatic carbocycles. The van der Waals surface area contributed by atoms with Crippen molar-refractivity contribution in [3.8, 4) is 0 Å². The topological polar surface area (TPSA) is 46.2 Å². The van der Waals surface area contributed by atoms with Crippen molar-refractivity contribution in [2.24, 2.45) is 0 Å². The molecule has 0 radical (unpaired) electrons. The number of allylic oxidation sites excluding steroid dienone is 3. The van der Waals surface area contributed by atoms with Gasteiger partial charge in [-0.3, -0.25) is 9.59 Å². The summed E-state index contributed by atoms with van der Waals surface area (Å²) in [6.07, 6.45) is 5.47. The third-order valence-electron chi connectivity index (χ3n) is 1.85. The zero-order valence-corrected chi connectivity index (χ0v) is 5.89. The van der Waals surface area contributed by atoms with Crippen LogP contribution in [0.5, 0.6) is 0 Å². The molecule has 0 aromatic heterocycles. The SMILES string of the molecule is O=C1NC2=CCCC=C2C1=O. The Morgan fingerprint density at radius 2 is 1.91 bits per heavy atom. The molecular formula is C8H7NO2. The second-order valence-electron chi connectivity index (χ2n) is 2.60. The summed E-state index contributed by atoms with van der Waals surface area (Å²) in [6, 6.07) is 0. The van der Waals surface area contributed by atoms with Crippen molar-refractivity contribution in [2.75, 3.05) is 0 Å². The first-order valence-corrected chi connectivity index (χ1v) is 3.55. The van der Waals surface area contributed by atoms with E-state index in [1.807, 2.05) is 12.2 Å². The van der Waals surface area contributed by atoms with Crippen molar-refractivity contribution in [3.63, 3.8) is 0 Å². The number of Topliss-reactive ketones (excluding diaryl/α,β-unsaturated/α-hetero) is 1. The zero-order valence-electron chi connectivity index (χ0n) is 5.89. The summed E-state index contributed by atoms with van der Waals surface area (Å²) in [6.45, 7) is 0. The first-order valence-electron chi connectivity index (χ1n) is 3.55. The molecule has 1 saturated heterocycles. The highest BCUT2D eigenvalue weighted by atomic mass is 16.2. The van der Waals surface area contributed by atoms with E-state index in [0.29, 0.717) is 11.3 Å². The Labute approximate surface area is 63.8 Å². The van der Waals surface area contributed by atoms with Crippen molar-refractivity contribution in [1.29, 1.82) is 0 Å². The lowest BCUT2D eigenvalue weighted by Crippen LogP contribution is -2.17. The minimum Gasteiger partial charge on any atom is -0.319 e. The number of hydrogen-bond donors (Lipinski definition) is 1. The van der Waals surface area contributed by atoms with Gasteiger partial charge in [0.25, 0.3) is 11.7 Å². The highest BCUT2D eigenvalue weighted by Gasteiger charge is 2.31. The Morgan fingerprint density at radius 3 is 2.64 bits per heavy atom. The molecule has 1 heterocycles. The van der Waals surface area contributed by atoms with E-state index in [9.17, 15) is 9.59 Å². The molecule has 1 aliphatic heterocycles. The Balaban J connectivity index is 2.46. The summed E-state index contributed by atoms with van der Waals surface area (Å²) in [7, 11) is 0. The molecule has 1 amide bonds. The maximum Gasteiger partial charge on any atom is 0.296 e. The molecule has 2 aliphatic rings. The molecular weight excluding hydrogens is 142 g/mol. The number of rotatable bonds is 0. The molecule has 1 fully saturated rings. The number of carbonyl (C=O) groups excluding carboxylic acids is 2. The van der Waals surface area contributed by atoms with E-state index in [-0.39, 0.29) is 0 Å². The summed E-state index contributed by atoms with van der Waals surface area (Å²) < 4.78 is 0. The van der Waals surface area contributed by atoms with Crippen LogP contribution in [0.4, 0.5) is 0 Å². The molecule has 3 nitrogen and oxygen atoms in total. The molecule has 0 bridgehead atoms. The molecule has 2 rings (SSSR count). The fourth-order valence-corrected chi connectivity index (χ4v) is 1.31. The Bertz CT molecular complexity index is 299. The lowest BCUT2D eigenvalue weighted by atomic mass is 10.0. The van der Waals surface area contributed by atoms with E-state index >= 15 is 0 Å². The van der Waals surface area contributed by atoms with Gasteiger partial charge in [0.05, 0.1) is 0 Å². The van der Waals surface area contributed by atoms with E-state index in [1.165, 1.54) is 0 Å². The fourth-order valence-electron chi connectivity index (χ4n) is 1.31. The minimum absolute atomic E-state index is 0.393. The number of nitrogens with one attached hydrogen (secondary N) is 1. The van der Waals surface area contributed by atoms with Gasteiger partial charge in [0.1, 0.15) is 0 Å². The van der Waals surface area contributed by atoms with Crippen molar-refractivity contribution in [3.05, 3.63) is 23.4 Å². The second kappa shape index (κ2) is 2.05. The van der Waals surface area contributed by atoms with E-state index in [4.69, 9.17) is 0 Å². The largest absolute Gasteiger partial charge is 0.319 e. The predicted molar refractivity (Wildman–Crippen MR) is 38.5 cm³/mol. The monoisotopic (exact) mass is 149 g/mol. The van der Waals surface area contributed by atoms with Crippen molar-refractivity contribution in [1.82, 2.24) is 5.32 Å². The summed E-state index contributed by atoms with van der Waals surface area (Å²) in [4.78, 5) is 21.8. The zero-order chi connectivity index (χ0) is 7.84. The van der Waals surface area contributed by atoms with E-state index in [1.54, 1.807) is 0 Å². The van der Waals surface area contributed by atoms with Gasteiger partial charge >= 0.3 is 0 Å². The van der Waals surface area contributed by atoms with Gasteiger partial charge in [0.15, 0.2) is 0 Å². The van der Waals surface area contributed by atoms with Gasteiger partial charge in [0, 0.05) is 11.3 Å². The number of fused-ring (bicyclic) bond motifs is 1. The van der Waals surface area contributed by atoms with Crippen LogP contribution in [0.2, 0.25) is 0 Å². The van der Waals surface area contributed by atoms with Crippen molar-refractivity contribution < 1.29 is 9.59 Å². The van der Waals surface area contributed by atoms with Crippen LogP contribution in [0.1, 0.15) is 12.8 Å². The molecule has 0 aromatic carbocycles. The minimum atomic E-state index is -0.496. The van der Waals surface area contributed by atoms with Crippen LogP contribution in [-0.4, -0.2) is 11.7 Å². The molecule has 0 atom stereocenters. The molecule has 11 heavy (non-hydrogen) atoms. The summed E-state index contributed by atoms with van der Waals surface area (Å²) in [5.41, 5.74) is 1.26. The quantitative estimate of drug-likeness (QED) is 0.503. The van der Waals surface area contributed by atoms with Crippen LogP contribution in [0.3, 0.4) is 0 Å². The van der Waals surface area contributed by atoms with Crippen LogP contribution in [0.25, 0.3) is 0 Å². The third kappa shape index (κ3) is 0.808. The molecule has 1 N–H and O–H groups in total. The average Bonchev–Trinajstić information content (AvgIpc) is 2.30. The highest BCUT2D eigenvalue weighted by molar-refractivity contribution is 6.47. The number of hydrogen-bond acceptors (Lipinski definition) is 2. The first-order chi connectivity index (χ1) is 5.29. The van der Waals surface area contributed by atoms with Gasteiger partial charge in [-0.25, -0.2) is 0 Å². The highest BCUT2D eigenvalue weighted by Crippen LogP contribution is 2.21. The fraction of sp³-hybridized carbons (Fsp3) is 0.250. The Morgan fingerprint density at radius 1 is 1.18 bits per heavy atom. The van der Waals surface area contributed by atoms with E-state index < -0.39 is 11.7 Å². The molecule has 56 valence electrons. The van der Waals surface area contributed by atoms with E-state index in [0.717, 1.165) is 12.8 Å². The van der Waals surface area contributed by atoms with Crippen LogP contribution in [0, 0.1) is 0 Å². The molecule has 0 unspecified atom stereocenters. The normalized spacial score (nSPS) is 22.2. The predicted octanol–water partition coefficient (Wildman–Crippen LogP) is 0.289. The standard InChI is InChI=1S/C8H7NO2/c10-7-5-3-1-2-4-6(5)9-8(7)11/h3-4H,1-2H2,(H,9,11). The van der Waals surface area contributed by atoms with Gasteiger partial charge in [-0.2, -0.15) is 0 Å². The molecule has 3 heteroatoms. The van der Waals surface area contributed by atoms with Crippen LogP contribution in [0.15, 0.2) is 23.4 Å². The number of amides is 1. The van der Waals surface area contributed by atoms with Gasteiger partial charge < -0.3 is 5.32 Å². The maximum atomic E-state index is 11.0. The maximum absolute atomic E-state index is 11.0. The summed E-state index contributed by atoms with van der Waals surface area (Å²) in [5.74, 6) is -0.889. The van der Waals surface area contributed by atoms with Crippen LogP contribution in [-0.2, 0) is 9.59 Å². The van der Waals surface area contributed by atoms with Gasteiger partial charge in [-0.15, -0.1) is 0 Å². The summed E-state index contributed by atoms with van der Waals surface area (Å²) >= 11 is 0. The van der Waals surface area contributed by atoms with Crippen LogP contribution >= 0.6 is 0 Å². The summed E-state index contributed by atoms with van der Waals surface area (Å²) in [5, 5.41) is 2.51. The first kappa shape index (κ1) is 6.34. The smallest absolute Gasteiger partial charge is 0.296 e.